The topological polar surface area (TPSA) is 52.8 Å². The van der Waals surface area contributed by atoms with Gasteiger partial charge in [-0.05, 0) is 25.1 Å². The van der Waals surface area contributed by atoms with E-state index in [9.17, 15) is 0 Å². The Labute approximate surface area is 170 Å². The minimum absolute atomic E-state index is 0.340. The Bertz CT molecular complexity index is 1130. The van der Waals surface area contributed by atoms with Gasteiger partial charge in [0.25, 0.3) is 0 Å². The van der Waals surface area contributed by atoms with E-state index in [1.165, 1.54) is 0 Å². The highest BCUT2D eigenvalue weighted by Gasteiger charge is 2.15. The molecule has 0 radical (unpaired) electrons. The molecule has 5 nitrogen and oxygen atoms in total. The molecule has 0 aliphatic carbocycles. The molecule has 0 aliphatic rings. The minimum Gasteiger partial charge on any atom is -0.482 e. The van der Waals surface area contributed by atoms with Crippen LogP contribution in [0.2, 0.25) is 15.2 Å². The van der Waals surface area contributed by atoms with E-state index in [4.69, 9.17) is 39.5 Å². The van der Waals surface area contributed by atoms with Gasteiger partial charge >= 0.3 is 0 Å². The summed E-state index contributed by atoms with van der Waals surface area (Å²) in [5, 5.41) is 11.5. The fourth-order valence-corrected chi connectivity index (χ4v) is 3.20. The molecule has 0 saturated heterocycles. The second kappa shape index (κ2) is 7.35. The summed E-state index contributed by atoms with van der Waals surface area (Å²) in [5.74, 6) is 0.631. The first kappa shape index (κ1) is 18.0. The summed E-state index contributed by atoms with van der Waals surface area (Å²) in [4.78, 5) is 4.20. The molecule has 27 heavy (non-hydrogen) atoms. The first-order valence-corrected chi connectivity index (χ1v) is 9.24. The molecule has 0 N–H and O–H groups in total. The molecule has 8 heteroatoms. The van der Waals surface area contributed by atoms with Crippen LogP contribution in [-0.2, 0) is 0 Å². The van der Waals surface area contributed by atoms with Crippen LogP contribution >= 0.6 is 34.8 Å². The standard InChI is InChI=1S/C19H13Cl3N4O/c1-11(27-18-9-23-19(22)14-5-3-2-4-13(14)18)17-10-26(25-24-17)12-6-7-15(20)16(21)8-12/h2-11H,1H3. The molecule has 4 rings (SSSR count). The highest BCUT2D eigenvalue weighted by atomic mass is 35.5. The molecule has 4 aromatic rings. The molecule has 0 fully saturated rings. The van der Waals surface area contributed by atoms with E-state index in [1.807, 2.05) is 37.3 Å². The normalized spacial score (nSPS) is 12.3. The summed E-state index contributed by atoms with van der Waals surface area (Å²) in [6.45, 7) is 1.90. The Morgan fingerprint density at radius 3 is 2.56 bits per heavy atom. The zero-order valence-electron chi connectivity index (χ0n) is 14.1. The van der Waals surface area contributed by atoms with Gasteiger partial charge in [0.15, 0.2) is 0 Å². The van der Waals surface area contributed by atoms with Crippen molar-refractivity contribution in [3.8, 4) is 11.4 Å². The highest BCUT2D eigenvalue weighted by Crippen LogP contribution is 2.32. The molecular weight excluding hydrogens is 407 g/mol. The van der Waals surface area contributed by atoms with Crippen LogP contribution in [-0.4, -0.2) is 20.0 Å². The van der Waals surface area contributed by atoms with Crippen molar-refractivity contribution >= 4 is 45.6 Å². The number of ether oxygens (including phenoxy) is 1. The molecule has 0 spiro atoms. The van der Waals surface area contributed by atoms with Crippen LogP contribution in [0.3, 0.4) is 0 Å². The van der Waals surface area contributed by atoms with Crippen molar-refractivity contribution in [3.63, 3.8) is 0 Å². The zero-order chi connectivity index (χ0) is 19.0. The first-order chi connectivity index (χ1) is 13.0. The molecule has 1 unspecified atom stereocenters. The SMILES string of the molecule is CC(Oc1cnc(Cl)c2ccccc12)c1cn(-c2ccc(Cl)c(Cl)c2)nn1. The van der Waals surface area contributed by atoms with E-state index in [2.05, 4.69) is 15.3 Å². The molecule has 136 valence electrons. The van der Waals surface area contributed by atoms with E-state index >= 15 is 0 Å². The Hall–Kier alpha value is -2.34. The van der Waals surface area contributed by atoms with E-state index < -0.39 is 0 Å². The average molecular weight is 420 g/mol. The summed E-state index contributed by atoms with van der Waals surface area (Å²) >= 11 is 18.2. The third kappa shape index (κ3) is 3.58. The third-order valence-corrected chi connectivity index (χ3v) is 5.15. The van der Waals surface area contributed by atoms with Crippen LogP contribution < -0.4 is 4.74 Å². The molecule has 1 atom stereocenters. The highest BCUT2D eigenvalue weighted by molar-refractivity contribution is 6.42. The van der Waals surface area contributed by atoms with Crippen molar-refractivity contribution in [2.24, 2.45) is 0 Å². The van der Waals surface area contributed by atoms with Crippen molar-refractivity contribution in [1.29, 1.82) is 0 Å². The van der Waals surface area contributed by atoms with Crippen LogP contribution in [0, 0.1) is 0 Å². The van der Waals surface area contributed by atoms with Crippen LogP contribution in [0.5, 0.6) is 5.75 Å². The smallest absolute Gasteiger partial charge is 0.146 e. The molecule has 0 saturated carbocycles. The fourth-order valence-electron chi connectivity index (χ4n) is 2.69. The lowest BCUT2D eigenvalue weighted by molar-refractivity contribution is 0.224. The monoisotopic (exact) mass is 418 g/mol. The number of aromatic nitrogens is 4. The summed E-state index contributed by atoms with van der Waals surface area (Å²) in [6.07, 6.45) is 3.06. The van der Waals surface area contributed by atoms with Gasteiger partial charge in [-0.25, -0.2) is 9.67 Å². The largest absolute Gasteiger partial charge is 0.482 e. The van der Waals surface area contributed by atoms with Crippen LogP contribution in [0.15, 0.2) is 54.9 Å². The van der Waals surface area contributed by atoms with Gasteiger partial charge in [0.1, 0.15) is 22.7 Å². The number of halogens is 3. The number of nitrogens with zero attached hydrogens (tertiary/aromatic N) is 4. The van der Waals surface area contributed by atoms with E-state index in [0.29, 0.717) is 26.6 Å². The van der Waals surface area contributed by atoms with Gasteiger partial charge in [-0.2, -0.15) is 0 Å². The molecular formula is C19H13Cl3N4O. The van der Waals surface area contributed by atoms with Crippen molar-refractivity contribution in [3.05, 3.63) is 75.8 Å². The van der Waals surface area contributed by atoms with Crippen molar-refractivity contribution in [2.75, 3.05) is 0 Å². The van der Waals surface area contributed by atoms with Crippen molar-refractivity contribution < 1.29 is 4.74 Å². The van der Waals surface area contributed by atoms with E-state index in [1.54, 1.807) is 29.2 Å². The summed E-state index contributed by atoms with van der Waals surface area (Å²) in [6, 6.07) is 12.9. The predicted molar refractivity (Wildman–Crippen MR) is 107 cm³/mol. The maximum atomic E-state index is 6.17. The van der Waals surface area contributed by atoms with Crippen LogP contribution in [0.25, 0.3) is 16.5 Å². The first-order valence-electron chi connectivity index (χ1n) is 8.10. The molecule has 0 aliphatic heterocycles. The summed E-state index contributed by atoms with van der Waals surface area (Å²) in [5.41, 5.74) is 1.43. The van der Waals surface area contributed by atoms with Gasteiger partial charge in [0, 0.05) is 10.8 Å². The lowest BCUT2D eigenvalue weighted by atomic mass is 10.1. The average Bonchev–Trinajstić information content (AvgIpc) is 3.17. The van der Waals surface area contributed by atoms with Crippen LogP contribution in [0.4, 0.5) is 0 Å². The summed E-state index contributed by atoms with van der Waals surface area (Å²) in [7, 11) is 0. The van der Waals surface area contributed by atoms with Gasteiger partial charge in [0.05, 0.1) is 28.1 Å². The number of pyridine rings is 1. The number of rotatable bonds is 4. The predicted octanol–water partition coefficient (Wildman–Crippen LogP) is 5.92. The maximum Gasteiger partial charge on any atom is 0.146 e. The second-order valence-electron chi connectivity index (χ2n) is 5.91. The van der Waals surface area contributed by atoms with Gasteiger partial charge in [0.2, 0.25) is 0 Å². The Balaban J connectivity index is 1.61. The quantitative estimate of drug-likeness (QED) is 0.385. The number of hydrogen-bond acceptors (Lipinski definition) is 4. The van der Waals surface area contributed by atoms with Crippen molar-refractivity contribution in [2.45, 2.75) is 13.0 Å². The van der Waals surface area contributed by atoms with Gasteiger partial charge in [-0.3, -0.25) is 0 Å². The number of hydrogen-bond donors (Lipinski definition) is 0. The fraction of sp³-hybridized carbons (Fsp3) is 0.105. The Morgan fingerprint density at radius 1 is 1.00 bits per heavy atom. The van der Waals surface area contributed by atoms with Gasteiger partial charge in [-0.1, -0.05) is 64.3 Å². The Morgan fingerprint density at radius 2 is 1.78 bits per heavy atom. The maximum absolute atomic E-state index is 6.17. The zero-order valence-corrected chi connectivity index (χ0v) is 16.4. The van der Waals surface area contributed by atoms with Gasteiger partial charge in [-0.15, -0.1) is 5.10 Å². The number of benzene rings is 2. The lowest BCUT2D eigenvalue weighted by Gasteiger charge is -2.14. The summed E-state index contributed by atoms with van der Waals surface area (Å²) < 4.78 is 7.70. The van der Waals surface area contributed by atoms with E-state index in [0.717, 1.165) is 16.5 Å². The second-order valence-corrected chi connectivity index (χ2v) is 7.08. The lowest BCUT2D eigenvalue weighted by Crippen LogP contribution is -2.04. The van der Waals surface area contributed by atoms with Crippen molar-refractivity contribution in [1.82, 2.24) is 20.0 Å². The minimum atomic E-state index is -0.340. The van der Waals surface area contributed by atoms with E-state index in [-0.39, 0.29) is 6.10 Å². The molecule has 2 aromatic heterocycles. The van der Waals surface area contributed by atoms with Crippen LogP contribution in [0.1, 0.15) is 18.7 Å². The Kier molecular flexibility index (Phi) is 4.91. The third-order valence-electron chi connectivity index (χ3n) is 4.11. The van der Waals surface area contributed by atoms with Gasteiger partial charge < -0.3 is 4.74 Å². The molecule has 0 bridgehead atoms. The molecule has 2 heterocycles. The molecule has 0 amide bonds. The number of fused-ring (bicyclic) bond motifs is 1. The molecule has 2 aromatic carbocycles.